The van der Waals surface area contributed by atoms with E-state index in [0.717, 1.165) is 11.1 Å². The van der Waals surface area contributed by atoms with Crippen LogP contribution >= 0.6 is 11.6 Å². The summed E-state index contributed by atoms with van der Waals surface area (Å²) in [6.07, 6.45) is 0. The van der Waals surface area contributed by atoms with Crippen molar-refractivity contribution in [2.75, 3.05) is 11.9 Å². The molecule has 2 aromatic carbocycles. The Kier molecular flexibility index (Phi) is 5.23. The Labute approximate surface area is 135 Å². The summed E-state index contributed by atoms with van der Waals surface area (Å²) in [5.41, 5.74) is 3.07. The molecule has 1 amide bonds. The lowest BCUT2D eigenvalue weighted by Gasteiger charge is -2.09. The van der Waals surface area contributed by atoms with Crippen LogP contribution in [0.25, 0.3) is 0 Å². The first-order valence-electron chi connectivity index (χ1n) is 6.90. The highest BCUT2D eigenvalue weighted by Crippen LogP contribution is 2.21. The number of carbonyl (C=O) groups is 1. The number of ether oxygens (including phenoxy) is 1. The van der Waals surface area contributed by atoms with E-state index in [4.69, 9.17) is 16.3 Å². The second kappa shape index (κ2) is 7.14. The number of hydrogen-bond donors (Lipinski definition) is 1. The third kappa shape index (κ3) is 4.37. The predicted molar refractivity (Wildman–Crippen MR) is 90.9 cm³/mol. The number of carbonyl (C=O) groups excluding carboxylic acids is 1. The van der Waals surface area contributed by atoms with Gasteiger partial charge in [0.25, 0.3) is 5.91 Å². The van der Waals surface area contributed by atoms with Crippen LogP contribution in [-0.2, 0) is 0 Å². The lowest BCUT2D eigenvalue weighted by atomic mass is 10.2. The number of amides is 1. The molecule has 114 valence electrons. The van der Waals surface area contributed by atoms with Gasteiger partial charge < -0.3 is 10.1 Å². The van der Waals surface area contributed by atoms with Gasteiger partial charge in [-0.25, -0.2) is 0 Å². The van der Waals surface area contributed by atoms with E-state index in [0.29, 0.717) is 28.6 Å². The minimum atomic E-state index is -0.208. The molecule has 0 spiro atoms. The third-order valence-corrected chi connectivity index (χ3v) is 3.42. The summed E-state index contributed by atoms with van der Waals surface area (Å²) in [6, 6.07) is 12.4. The van der Waals surface area contributed by atoms with E-state index >= 15 is 0 Å². The average molecular weight is 316 g/mol. The van der Waals surface area contributed by atoms with Crippen LogP contribution in [0, 0.1) is 6.92 Å². The van der Waals surface area contributed by atoms with Crippen LogP contribution in [0.2, 0.25) is 5.02 Å². The quantitative estimate of drug-likeness (QED) is 0.800. The fraction of sp³-hybridized carbons (Fsp3) is 0.167. The molecular weight excluding hydrogens is 298 g/mol. The molecule has 0 aromatic heterocycles. The molecule has 4 heteroatoms. The molecule has 3 nitrogen and oxygen atoms in total. The van der Waals surface area contributed by atoms with E-state index in [1.165, 1.54) is 0 Å². The summed E-state index contributed by atoms with van der Waals surface area (Å²) in [5, 5.41) is 3.44. The van der Waals surface area contributed by atoms with Crippen molar-refractivity contribution in [2.45, 2.75) is 13.8 Å². The fourth-order valence-corrected chi connectivity index (χ4v) is 1.99. The lowest BCUT2D eigenvalue weighted by molar-refractivity contribution is 0.102. The molecule has 0 saturated heterocycles. The maximum absolute atomic E-state index is 12.3. The van der Waals surface area contributed by atoms with E-state index in [-0.39, 0.29) is 5.91 Å². The van der Waals surface area contributed by atoms with Gasteiger partial charge in [-0.3, -0.25) is 4.79 Å². The van der Waals surface area contributed by atoms with Gasteiger partial charge >= 0.3 is 0 Å². The van der Waals surface area contributed by atoms with Crippen molar-refractivity contribution in [1.82, 2.24) is 0 Å². The Hall–Kier alpha value is -2.26. The molecule has 0 heterocycles. The molecular formula is C18H18ClNO2. The molecule has 0 saturated carbocycles. The monoisotopic (exact) mass is 315 g/mol. The molecule has 0 atom stereocenters. The summed E-state index contributed by atoms with van der Waals surface area (Å²) >= 11 is 6.06. The van der Waals surface area contributed by atoms with Crippen LogP contribution in [-0.4, -0.2) is 12.5 Å². The van der Waals surface area contributed by atoms with Crippen molar-refractivity contribution in [2.24, 2.45) is 0 Å². The van der Waals surface area contributed by atoms with Gasteiger partial charge in [0.2, 0.25) is 0 Å². The number of benzene rings is 2. The SMILES string of the molecule is C=C(C)COc1cccc(C(=O)Nc2ccc(C)c(Cl)c2)c1. The summed E-state index contributed by atoms with van der Waals surface area (Å²) in [5.74, 6) is 0.429. The Balaban J connectivity index is 2.10. The maximum atomic E-state index is 12.3. The molecule has 22 heavy (non-hydrogen) atoms. The number of aryl methyl sites for hydroxylation is 1. The topological polar surface area (TPSA) is 38.3 Å². The standard InChI is InChI=1S/C18H18ClNO2/c1-12(2)11-22-16-6-4-5-14(9-16)18(21)20-15-8-7-13(3)17(19)10-15/h4-10H,1,11H2,2-3H3,(H,20,21). The van der Waals surface area contributed by atoms with Gasteiger partial charge in [0.1, 0.15) is 12.4 Å². The minimum absolute atomic E-state index is 0.208. The zero-order valence-corrected chi connectivity index (χ0v) is 13.4. The Bertz CT molecular complexity index is 710. The highest BCUT2D eigenvalue weighted by atomic mass is 35.5. The molecule has 2 rings (SSSR count). The van der Waals surface area contributed by atoms with Crippen molar-refractivity contribution >= 4 is 23.2 Å². The van der Waals surface area contributed by atoms with Crippen molar-refractivity contribution in [3.63, 3.8) is 0 Å². The van der Waals surface area contributed by atoms with Gasteiger partial charge in [-0.15, -0.1) is 0 Å². The van der Waals surface area contributed by atoms with Gasteiger partial charge in [0.15, 0.2) is 0 Å². The highest BCUT2D eigenvalue weighted by Gasteiger charge is 2.08. The molecule has 0 aliphatic carbocycles. The largest absolute Gasteiger partial charge is 0.489 e. The van der Waals surface area contributed by atoms with Crippen molar-refractivity contribution in [1.29, 1.82) is 0 Å². The molecule has 0 aliphatic heterocycles. The van der Waals surface area contributed by atoms with Crippen LogP contribution in [0.5, 0.6) is 5.75 Å². The molecule has 0 bridgehead atoms. The van der Waals surface area contributed by atoms with E-state index in [2.05, 4.69) is 11.9 Å². The zero-order chi connectivity index (χ0) is 16.1. The third-order valence-electron chi connectivity index (χ3n) is 3.01. The Morgan fingerprint density at radius 1 is 1.27 bits per heavy atom. The van der Waals surface area contributed by atoms with E-state index in [1.54, 1.807) is 24.3 Å². The highest BCUT2D eigenvalue weighted by molar-refractivity contribution is 6.31. The Morgan fingerprint density at radius 3 is 2.73 bits per heavy atom. The number of anilines is 1. The smallest absolute Gasteiger partial charge is 0.255 e. The van der Waals surface area contributed by atoms with Gasteiger partial charge in [-0.2, -0.15) is 0 Å². The number of halogens is 1. The number of nitrogens with one attached hydrogen (secondary N) is 1. The van der Waals surface area contributed by atoms with Crippen LogP contribution in [0.1, 0.15) is 22.8 Å². The first-order valence-corrected chi connectivity index (χ1v) is 7.28. The van der Waals surface area contributed by atoms with Gasteiger partial charge in [-0.1, -0.05) is 30.3 Å². The lowest BCUT2D eigenvalue weighted by Crippen LogP contribution is -2.12. The fourth-order valence-electron chi connectivity index (χ4n) is 1.81. The molecule has 0 fully saturated rings. The molecule has 2 aromatic rings. The second-order valence-corrected chi connectivity index (χ2v) is 5.60. The van der Waals surface area contributed by atoms with E-state index in [9.17, 15) is 4.79 Å². The molecule has 1 N–H and O–H groups in total. The average Bonchev–Trinajstić information content (AvgIpc) is 2.49. The van der Waals surface area contributed by atoms with Crippen molar-refractivity contribution in [3.8, 4) is 5.75 Å². The molecule has 0 aliphatic rings. The van der Waals surface area contributed by atoms with Crippen LogP contribution in [0.3, 0.4) is 0 Å². The van der Waals surface area contributed by atoms with E-state index in [1.807, 2.05) is 32.0 Å². The van der Waals surface area contributed by atoms with Gasteiger partial charge in [-0.05, 0) is 55.3 Å². The normalized spacial score (nSPS) is 10.1. The minimum Gasteiger partial charge on any atom is -0.489 e. The molecule has 0 radical (unpaired) electrons. The summed E-state index contributed by atoms with van der Waals surface area (Å²) in [7, 11) is 0. The predicted octanol–water partition coefficient (Wildman–Crippen LogP) is 4.86. The molecule has 0 unspecified atom stereocenters. The van der Waals surface area contributed by atoms with Gasteiger partial charge in [0, 0.05) is 16.3 Å². The first-order chi connectivity index (χ1) is 10.5. The first kappa shape index (κ1) is 16.1. The Morgan fingerprint density at radius 2 is 2.05 bits per heavy atom. The van der Waals surface area contributed by atoms with E-state index < -0.39 is 0 Å². The number of hydrogen-bond acceptors (Lipinski definition) is 2. The second-order valence-electron chi connectivity index (χ2n) is 5.19. The zero-order valence-electron chi connectivity index (χ0n) is 12.7. The summed E-state index contributed by atoms with van der Waals surface area (Å²) < 4.78 is 5.54. The van der Waals surface area contributed by atoms with Gasteiger partial charge in [0.05, 0.1) is 0 Å². The summed E-state index contributed by atoms with van der Waals surface area (Å²) in [6.45, 7) is 8.01. The number of rotatable bonds is 5. The van der Waals surface area contributed by atoms with Crippen LogP contribution in [0.4, 0.5) is 5.69 Å². The maximum Gasteiger partial charge on any atom is 0.255 e. The van der Waals surface area contributed by atoms with Crippen molar-refractivity contribution in [3.05, 3.63) is 70.8 Å². The van der Waals surface area contributed by atoms with Crippen molar-refractivity contribution < 1.29 is 9.53 Å². The van der Waals surface area contributed by atoms with Crippen LogP contribution < -0.4 is 10.1 Å². The van der Waals surface area contributed by atoms with Crippen LogP contribution in [0.15, 0.2) is 54.6 Å². The summed E-state index contributed by atoms with van der Waals surface area (Å²) in [4.78, 5) is 12.3.